The zero-order valence-electron chi connectivity index (χ0n) is 9.64. The lowest BCUT2D eigenvalue weighted by Gasteiger charge is -2.07. The molecule has 1 aliphatic carbocycles. The van der Waals surface area contributed by atoms with Crippen molar-refractivity contribution < 1.29 is 0 Å². The lowest BCUT2D eigenvalue weighted by atomic mass is 9.97. The minimum Gasteiger partial charge on any atom is -0.0795 e. The van der Waals surface area contributed by atoms with Crippen molar-refractivity contribution in [2.45, 2.75) is 6.42 Å². The first-order valence-electron chi connectivity index (χ1n) is 5.96. The first kappa shape index (κ1) is 10.1. The Morgan fingerprint density at radius 1 is 0.647 bits per heavy atom. The zero-order chi connectivity index (χ0) is 11.5. The van der Waals surface area contributed by atoms with Crippen LogP contribution in [0.15, 0.2) is 72.8 Å². The molecule has 0 nitrogen and oxygen atoms in total. The summed E-state index contributed by atoms with van der Waals surface area (Å²) < 4.78 is 0. The number of allylic oxidation sites excluding steroid dienone is 4. The molecule has 0 saturated heterocycles. The molecule has 0 unspecified atom stereocenters. The first-order chi connectivity index (χ1) is 8.45. The summed E-state index contributed by atoms with van der Waals surface area (Å²) in [6, 6.07) is 21.2. The maximum absolute atomic E-state index is 2.24. The van der Waals surface area contributed by atoms with Gasteiger partial charge in [-0.1, -0.05) is 72.8 Å². The van der Waals surface area contributed by atoms with Crippen LogP contribution in [0.1, 0.15) is 17.5 Å². The Balaban J connectivity index is 2.10. The van der Waals surface area contributed by atoms with Gasteiger partial charge in [0.2, 0.25) is 0 Å². The van der Waals surface area contributed by atoms with Crippen molar-refractivity contribution in [3.05, 3.63) is 83.9 Å². The third-order valence-electron chi connectivity index (χ3n) is 3.14. The number of hydrogen-bond acceptors (Lipinski definition) is 0. The van der Waals surface area contributed by atoms with Crippen LogP contribution in [0.25, 0.3) is 11.1 Å². The third-order valence-corrected chi connectivity index (χ3v) is 3.14. The fraction of sp³-hybridized carbons (Fsp3) is 0.0588. The van der Waals surface area contributed by atoms with Crippen molar-refractivity contribution >= 4 is 11.1 Å². The Morgan fingerprint density at radius 2 is 1.24 bits per heavy atom. The molecule has 2 aromatic carbocycles. The highest BCUT2D eigenvalue weighted by Gasteiger charge is 2.12. The van der Waals surface area contributed by atoms with Gasteiger partial charge in [-0.15, -0.1) is 0 Å². The molecule has 0 atom stereocenters. The molecule has 82 valence electrons. The van der Waals surface area contributed by atoms with Crippen LogP contribution in [0.2, 0.25) is 0 Å². The first-order valence-corrected chi connectivity index (χ1v) is 5.96. The average molecular weight is 218 g/mol. The summed E-state index contributed by atoms with van der Waals surface area (Å²) in [5.74, 6) is 0. The van der Waals surface area contributed by atoms with Crippen molar-refractivity contribution in [3.8, 4) is 0 Å². The Bertz CT molecular complexity index is 560. The van der Waals surface area contributed by atoms with E-state index in [0.717, 1.165) is 6.42 Å². The van der Waals surface area contributed by atoms with Crippen molar-refractivity contribution in [2.24, 2.45) is 0 Å². The van der Waals surface area contributed by atoms with Gasteiger partial charge in [0.1, 0.15) is 0 Å². The molecule has 1 aliphatic rings. The fourth-order valence-electron chi connectivity index (χ4n) is 2.31. The van der Waals surface area contributed by atoms with Crippen molar-refractivity contribution in [3.63, 3.8) is 0 Å². The zero-order valence-corrected chi connectivity index (χ0v) is 9.64. The van der Waals surface area contributed by atoms with E-state index in [2.05, 4.69) is 72.8 Å². The maximum atomic E-state index is 2.24. The Labute approximate surface area is 102 Å². The molecule has 3 rings (SSSR count). The molecule has 0 aromatic heterocycles. The maximum Gasteiger partial charge on any atom is -0.00820 e. The molecule has 0 N–H and O–H groups in total. The Kier molecular flexibility index (Phi) is 2.63. The van der Waals surface area contributed by atoms with Crippen LogP contribution in [0, 0.1) is 0 Å². The smallest absolute Gasteiger partial charge is 0.00820 e. The molecule has 0 heteroatoms. The summed E-state index contributed by atoms with van der Waals surface area (Å²) >= 11 is 0. The molecule has 0 heterocycles. The Hall–Kier alpha value is -2.08. The molecule has 0 amide bonds. The highest BCUT2D eigenvalue weighted by Crippen LogP contribution is 2.34. The average Bonchev–Trinajstić information content (AvgIpc) is 2.90. The fourth-order valence-corrected chi connectivity index (χ4v) is 2.31. The second kappa shape index (κ2) is 4.42. The summed E-state index contributed by atoms with van der Waals surface area (Å²) in [7, 11) is 0. The van der Waals surface area contributed by atoms with Gasteiger partial charge >= 0.3 is 0 Å². The third kappa shape index (κ3) is 1.94. The van der Waals surface area contributed by atoms with Gasteiger partial charge in [0.15, 0.2) is 0 Å². The molecular weight excluding hydrogens is 204 g/mol. The summed E-state index contributed by atoms with van der Waals surface area (Å²) in [6.07, 6.45) is 5.51. The standard InChI is InChI=1S/C17H14/c1-3-8-14(9-4-1)16-12-7-13-17(16)15-10-5-2-6-11-15/h1-12H,13H2. The highest BCUT2D eigenvalue weighted by atomic mass is 14.2. The van der Waals surface area contributed by atoms with E-state index >= 15 is 0 Å². The SMILES string of the molecule is C1=CC(c2ccccc2)=C(c2ccccc2)C1. The minimum absolute atomic E-state index is 1.04. The molecular formula is C17H14. The number of hydrogen-bond donors (Lipinski definition) is 0. The predicted octanol–water partition coefficient (Wildman–Crippen LogP) is 4.56. The van der Waals surface area contributed by atoms with Crippen LogP contribution in [0.4, 0.5) is 0 Å². The van der Waals surface area contributed by atoms with E-state index in [9.17, 15) is 0 Å². The second-order valence-corrected chi connectivity index (χ2v) is 4.23. The van der Waals surface area contributed by atoms with Gasteiger partial charge in [-0.05, 0) is 28.7 Å². The van der Waals surface area contributed by atoms with Gasteiger partial charge in [-0.3, -0.25) is 0 Å². The summed E-state index contributed by atoms with van der Waals surface area (Å²) in [4.78, 5) is 0. The summed E-state index contributed by atoms with van der Waals surface area (Å²) in [5.41, 5.74) is 5.42. The van der Waals surface area contributed by atoms with Gasteiger partial charge in [-0.25, -0.2) is 0 Å². The van der Waals surface area contributed by atoms with E-state index in [0.29, 0.717) is 0 Å². The lowest BCUT2D eigenvalue weighted by molar-refractivity contribution is 1.43. The highest BCUT2D eigenvalue weighted by molar-refractivity contribution is 5.98. The van der Waals surface area contributed by atoms with Crippen LogP contribution in [0.5, 0.6) is 0 Å². The van der Waals surface area contributed by atoms with Crippen LogP contribution < -0.4 is 0 Å². The van der Waals surface area contributed by atoms with E-state index in [4.69, 9.17) is 0 Å². The predicted molar refractivity (Wildman–Crippen MR) is 73.5 cm³/mol. The molecule has 0 bridgehead atoms. The van der Waals surface area contributed by atoms with Crippen LogP contribution >= 0.6 is 0 Å². The molecule has 0 fully saturated rings. The number of rotatable bonds is 2. The molecule has 0 spiro atoms. The van der Waals surface area contributed by atoms with Crippen molar-refractivity contribution in [2.75, 3.05) is 0 Å². The molecule has 0 saturated carbocycles. The quantitative estimate of drug-likeness (QED) is 0.693. The molecule has 0 aliphatic heterocycles. The molecule has 2 aromatic rings. The van der Waals surface area contributed by atoms with E-state index in [1.54, 1.807) is 0 Å². The summed E-state index contributed by atoms with van der Waals surface area (Å²) in [6.45, 7) is 0. The normalized spacial score (nSPS) is 14.4. The van der Waals surface area contributed by atoms with E-state index in [1.165, 1.54) is 22.3 Å². The lowest BCUT2D eigenvalue weighted by Crippen LogP contribution is -1.85. The van der Waals surface area contributed by atoms with Crippen LogP contribution in [-0.2, 0) is 0 Å². The van der Waals surface area contributed by atoms with Gasteiger partial charge < -0.3 is 0 Å². The van der Waals surface area contributed by atoms with E-state index < -0.39 is 0 Å². The van der Waals surface area contributed by atoms with Crippen molar-refractivity contribution in [1.82, 2.24) is 0 Å². The Morgan fingerprint density at radius 3 is 1.88 bits per heavy atom. The van der Waals surface area contributed by atoms with Gasteiger partial charge in [0.05, 0.1) is 0 Å². The van der Waals surface area contributed by atoms with Crippen LogP contribution in [-0.4, -0.2) is 0 Å². The minimum atomic E-state index is 1.04. The largest absolute Gasteiger partial charge is 0.0795 e. The van der Waals surface area contributed by atoms with Gasteiger partial charge in [-0.2, -0.15) is 0 Å². The summed E-state index contributed by atoms with van der Waals surface area (Å²) in [5, 5.41) is 0. The molecule has 0 radical (unpaired) electrons. The number of benzene rings is 2. The van der Waals surface area contributed by atoms with E-state index in [1.807, 2.05) is 0 Å². The van der Waals surface area contributed by atoms with Gasteiger partial charge in [0.25, 0.3) is 0 Å². The van der Waals surface area contributed by atoms with Crippen molar-refractivity contribution in [1.29, 1.82) is 0 Å². The molecule has 17 heavy (non-hydrogen) atoms. The van der Waals surface area contributed by atoms with Crippen LogP contribution in [0.3, 0.4) is 0 Å². The second-order valence-electron chi connectivity index (χ2n) is 4.23. The topological polar surface area (TPSA) is 0 Å². The monoisotopic (exact) mass is 218 g/mol. The van der Waals surface area contributed by atoms with E-state index in [-0.39, 0.29) is 0 Å². The van der Waals surface area contributed by atoms with Gasteiger partial charge in [0, 0.05) is 0 Å².